The Bertz CT molecular complexity index is 824. The summed E-state index contributed by atoms with van der Waals surface area (Å²) in [5, 5.41) is 0. The quantitative estimate of drug-likeness (QED) is 0.811. The average molecular weight is 363 g/mol. The highest BCUT2D eigenvalue weighted by Gasteiger charge is 2.81. The molecule has 3 heteroatoms. The highest BCUT2D eigenvalue weighted by atomic mass is 16.2. The molecule has 0 radical (unpaired) electrons. The standard InChI is InChI=1S/C24H30N2O/c1-22(2)23(3,19-11-7-5-8-12-19)24(22,4)21(27)26-17-15-25(16-18-26)20-13-9-6-10-14-20/h5-14H,15-18H2,1-4H3. The number of para-hydroxylation sites is 1. The van der Waals surface area contributed by atoms with Gasteiger partial charge in [-0.25, -0.2) is 0 Å². The Morgan fingerprint density at radius 3 is 1.85 bits per heavy atom. The second-order valence-corrected chi connectivity index (χ2v) is 8.86. The van der Waals surface area contributed by atoms with Crippen LogP contribution in [0.1, 0.15) is 33.3 Å². The summed E-state index contributed by atoms with van der Waals surface area (Å²) >= 11 is 0. The topological polar surface area (TPSA) is 23.6 Å². The van der Waals surface area contributed by atoms with Gasteiger partial charge in [-0.15, -0.1) is 0 Å². The molecular formula is C24H30N2O. The summed E-state index contributed by atoms with van der Waals surface area (Å²) in [4.78, 5) is 18.1. The summed E-state index contributed by atoms with van der Waals surface area (Å²) in [7, 11) is 0. The fourth-order valence-electron chi connectivity index (χ4n) is 5.37. The minimum absolute atomic E-state index is 0.0605. The van der Waals surface area contributed by atoms with Crippen LogP contribution in [0.25, 0.3) is 0 Å². The number of benzene rings is 2. The molecule has 1 heterocycles. The lowest BCUT2D eigenvalue weighted by Gasteiger charge is -2.38. The van der Waals surface area contributed by atoms with Crippen molar-refractivity contribution in [1.29, 1.82) is 0 Å². The Balaban J connectivity index is 1.52. The van der Waals surface area contributed by atoms with E-state index in [1.165, 1.54) is 11.3 Å². The number of carbonyl (C=O) groups is 1. The van der Waals surface area contributed by atoms with E-state index in [1.54, 1.807) is 0 Å². The third-order valence-corrected chi connectivity index (χ3v) is 7.90. The van der Waals surface area contributed by atoms with E-state index < -0.39 is 0 Å². The fourth-order valence-corrected chi connectivity index (χ4v) is 5.37. The molecule has 2 fully saturated rings. The molecule has 1 amide bonds. The number of rotatable bonds is 3. The molecule has 27 heavy (non-hydrogen) atoms. The molecule has 0 N–H and O–H groups in total. The summed E-state index contributed by atoms with van der Waals surface area (Å²) < 4.78 is 0. The Hall–Kier alpha value is -2.29. The van der Waals surface area contributed by atoms with Crippen molar-refractivity contribution in [3.63, 3.8) is 0 Å². The molecule has 4 rings (SSSR count). The summed E-state index contributed by atoms with van der Waals surface area (Å²) in [5.41, 5.74) is 1.96. The number of carbonyl (C=O) groups excluding carboxylic acids is 1. The minimum Gasteiger partial charge on any atom is -0.368 e. The second kappa shape index (κ2) is 6.12. The summed E-state index contributed by atoms with van der Waals surface area (Å²) in [6.07, 6.45) is 0. The first kappa shape index (κ1) is 18.1. The van der Waals surface area contributed by atoms with E-state index >= 15 is 0 Å². The van der Waals surface area contributed by atoms with Crippen LogP contribution in [0.5, 0.6) is 0 Å². The molecule has 3 nitrogen and oxygen atoms in total. The summed E-state index contributed by atoms with van der Waals surface area (Å²) in [5.74, 6) is 0.312. The van der Waals surface area contributed by atoms with Crippen LogP contribution in [0.4, 0.5) is 5.69 Å². The third-order valence-electron chi connectivity index (χ3n) is 7.90. The molecule has 142 valence electrons. The largest absolute Gasteiger partial charge is 0.368 e. The van der Waals surface area contributed by atoms with Crippen LogP contribution in [0.3, 0.4) is 0 Å². The maximum absolute atomic E-state index is 13.6. The van der Waals surface area contributed by atoms with Gasteiger partial charge in [-0.2, -0.15) is 0 Å². The zero-order chi connectivity index (χ0) is 19.3. The van der Waals surface area contributed by atoms with Crippen LogP contribution in [0, 0.1) is 10.8 Å². The van der Waals surface area contributed by atoms with Gasteiger partial charge >= 0.3 is 0 Å². The number of hydrogen-bond acceptors (Lipinski definition) is 2. The molecule has 1 aliphatic heterocycles. The zero-order valence-corrected chi connectivity index (χ0v) is 16.9. The predicted octanol–water partition coefficient (Wildman–Crippen LogP) is 4.34. The van der Waals surface area contributed by atoms with Crippen molar-refractivity contribution >= 4 is 11.6 Å². The molecule has 2 aromatic carbocycles. The van der Waals surface area contributed by atoms with E-state index in [2.05, 4.69) is 86.0 Å². The first-order chi connectivity index (χ1) is 12.8. The van der Waals surface area contributed by atoms with E-state index in [0.717, 1.165) is 26.2 Å². The first-order valence-corrected chi connectivity index (χ1v) is 9.99. The lowest BCUT2D eigenvalue weighted by Crippen LogP contribution is -2.51. The van der Waals surface area contributed by atoms with E-state index in [1.807, 2.05) is 12.1 Å². The lowest BCUT2D eigenvalue weighted by molar-refractivity contribution is -0.138. The predicted molar refractivity (Wildman–Crippen MR) is 111 cm³/mol. The Labute approximate surface area is 163 Å². The molecule has 1 saturated carbocycles. The maximum Gasteiger partial charge on any atom is 0.230 e. The highest BCUT2D eigenvalue weighted by molar-refractivity contribution is 5.91. The van der Waals surface area contributed by atoms with E-state index in [0.29, 0.717) is 5.91 Å². The summed E-state index contributed by atoms with van der Waals surface area (Å²) in [6, 6.07) is 21.1. The van der Waals surface area contributed by atoms with Gasteiger partial charge in [-0.1, -0.05) is 69.3 Å². The molecular weight excluding hydrogens is 332 g/mol. The van der Waals surface area contributed by atoms with Gasteiger partial charge in [-0.05, 0) is 30.0 Å². The van der Waals surface area contributed by atoms with E-state index in [4.69, 9.17) is 0 Å². The number of hydrogen-bond donors (Lipinski definition) is 0. The lowest BCUT2D eigenvalue weighted by atomic mass is 9.87. The van der Waals surface area contributed by atoms with Crippen molar-refractivity contribution in [2.24, 2.45) is 10.8 Å². The van der Waals surface area contributed by atoms with Crippen molar-refractivity contribution < 1.29 is 4.79 Å². The van der Waals surface area contributed by atoms with Gasteiger partial charge < -0.3 is 9.80 Å². The maximum atomic E-state index is 13.6. The van der Waals surface area contributed by atoms with Gasteiger partial charge in [0.05, 0.1) is 5.41 Å². The van der Waals surface area contributed by atoms with Crippen molar-refractivity contribution in [3.05, 3.63) is 66.2 Å². The van der Waals surface area contributed by atoms with Crippen LogP contribution in [0.2, 0.25) is 0 Å². The van der Waals surface area contributed by atoms with E-state index in [-0.39, 0.29) is 16.2 Å². The monoisotopic (exact) mass is 362 g/mol. The SMILES string of the molecule is CC1(C)C(C)(C(=O)N2CCN(c3ccccc3)CC2)C1(C)c1ccccc1. The number of anilines is 1. The van der Waals surface area contributed by atoms with Crippen LogP contribution >= 0.6 is 0 Å². The van der Waals surface area contributed by atoms with E-state index in [9.17, 15) is 4.79 Å². The zero-order valence-electron chi connectivity index (χ0n) is 16.9. The second-order valence-electron chi connectivity index (χ2n) is 8.86. The Morgan fingerprint density at radius 2 is 1.30 bits per heavy atom. The van der Waals surface area contributed by atoms with Crippen molar-refractivity contribution in [1.82, 2.24) is 4.90 Å². The van der Waals surface area contributed by atoms with Gasteiger partial charge in [0.25, 0.3) is 0 Å². The molecule has 0 aromatic heterocycles. The van der Waals surface area contributed by atoms with Gasteiger partial charge in [0, 0.05) is 37.3 Å². The molecule has 2 atom stereocenters. The van der Waals surface area contributed by atoms with Gasteiger partial charge in [0.15, 0.2) is 0 Å². The normalized spacial score (nSPS) is 29.5. The highest BCUT2D eigenvalue weighted by Crippen LogP contribution is 2.78. The summed E-state index contributed by atoms with van der Waals surface area (Å²) in [6.45, 7) is 12.3. The smallest absolute Gasteiger partial charge is 0.230 e. The average Bonchev–Trinajstić information content (AvgIpc) is 3.09. The van der Waals surface area contributed by atoms with Crippen molar-refractivity contribution in [2.45, 2.75) is 33.1 Å². The van der Waals surface area contributed by atoms with Gasteiger partial charge in [-0.3, -0.25) is 4.79 Å². The van der Waals surface area contributed by atoms with Crippen LogP contribution in [-0.4, -0.2) is 37.0 Å². The molecule has 1 saturated heterocycles. The molecule has 0 spiro atoms. The molecule has 2 aliphatic rings. The fraction of sp³-hybridized carbons (Fsp3) is 0.458. The van der Waals surface area contributed by atoms with Crippen LogP contribution < -0.4 is 4.90 Å². The number of nitrogens with zero attached hydrogens (tertiary/aromatic N) is 2. The molecule has 2 aromatic rings. The van der Waals surface area contributed by atoms with Gasteiger partial charge in [0.1, 0.15) is 0 Å². The van der Waals surface area contributed by atoms with Crippen LogP contribution in [-0.2, 0) is 10.2 Å². The van der Waals surface area contributed by atoms with Crippen molar-refractivity contribution in [3.8, 4) is 0 Å². The Kier molecular flexibility index (Phi) is 4.10. The molecule has 0 bridgehead atoms. The number of piperazine rings is 1. The minimum atomic E-state index is -0.365. The van der Waals surface area contributed by atoms with Crippen LogP contribution in [0.15, 0.2) is 60.7 Å². The third kappa shape index (κ3) is 2.37. The van der Waals surface area contributed by atoms with Crippen molar-refractivity contribution in [2.75, 3.05) is 31.1 Å². The Morgan fingerprint density at radius 1 is 0.778 bits per heavy atom. The first-order valence-electron chi connectivity index (χ1n) is 9.99. The number of amides is 1. The molecule has 1 aliphatic carbocycles. The van der Waals surface area contributed by atoms with Gasteiger partial charge in [0.2, 0.25) is 5.91 Å². The molecule has 2 unspecified atom stereocenters.